The zero-order valence-electron chi connectivity index (χ0n) is 32.0. The standard InChI is InChI=1S/C40H44N12O5/c1-3-48-23-42-46-36(48)28-9-5-11-31(43-28)51-22-27-26(38(51)55)21-32(50-15-6-7-24(50)2)44-35(27)41-14-16-47-17-19-49(20-18-47)29-10-4-8-25-34(29)40(57)52(39(25)56)30-12-13-33(53)45-37(30)54/h4-5,8-11,21,23-24,30H,3,6-7,12-20,22H2,1-2H3,(H,41,44)(H,45,53,54)/t24-,30?/m1/s1. The number of piperazine rings is 1. The van der Waals surface area contributed by atoms with Crippen LogP contribution in [0.3, 0.4) is 0 Å². The summed E-state index contributed by atoms with van der Waals surface area (Å²) in [7, 11) is 0. The van der Waals surface area contributed by atoms with E-state index in [0.29, 0.717) is 78.7 Å². The number of carbonyl (C=O) groups excluding carboxylic acids is 5. The average molecular weight is 773 g/mol. The number of carbonyl (C=O) groups is 5. The number of aromatic nitrogens is 5. The summed E-state index contributed by atoms with van der Waals surface area (Å²) in [5.74, 6) is 0.522. The number of piperidine rings is 1. The molecule has 9 rings (SSSR count). The number of benzene rings is 1. The second-order valence-corrected chi connectivity index (χ2v) is 15.2. The second kappa shape index (κ2) is 14.7. The predicted octanol–water partition coefficient (Wildman–Crippen LogP) is 2.54. The predicted molar refractivity (Wildman–Crippen MR) is 210 cm³/mol. The van der Waals surface area contributed by atoms with E-state index >= 15 is 0 Å². The monoisotopic (exact) mass is 772 g/mol. The molecule has 0 aliphatic carbocycles. The Bertz CT molecular complexity index is 2300. The van der Waals surface area contributed by atoms with Gasteiger partial charge in [0.05, 0.1) is 28.9 Å². The summed E-state index contributed by atoms with van der Waals surface area (Å²) in [6, 6.07) is 12.1. The highest BCUT2D eigenvalue weighted by molar-refractivity contribution is 6.25. The van der Waals surface area contributed by atoms with E-state index in [1.54, 1.807) is 23.4 Å². The van der Waals surface area contributed by atoms with Crippen LogP contribution in [0.5, 0.6) is 0 Å². The molecule has 17 heteroatoms. The van der Waals surface area contributed by atoms with Crippen LogP contribution in [0.4, 0.5) is 23.1 Å². The first kappa shape index (κ1) is 36.4. The van der Waals surface area contributed by atoms with Gasteiger partial charge in [0.15, 0.2) is 5.82 Å². The van der Waals surface area contributed by atoms with Gasteiger partial charge in [-0.3, -0.25) is 44.0 Å². The van der Waals surface area contributed by atoms with E-state index in [9.17, 15) is 24.0 Å². The van der Waals surface area contributed by atoms with E-state index in [2.05, 4.69) is 42.5 Å². The Balaban J connectivity index is 0.884. The Morgan fingerprint density at radius 3 is 2.47 bits per heavy atom. The number of pyridine rings is 2. The van der Waals surface area contributed by atoms with Gasteiger partial charge in [0.1, 0.15) is 35.5 Å². The molecule has 4 aromatic rings. The van der Waals surface area contributed by atoms with Gasteiger partial charge in [-0.05, 0) is 63.4 Å². The summed E-state index contributed by atoms with van der Waals surface area (Å²) in [4.78, 5) is 85.0. The summed E-state index contributed by atoms with van der Waals surface area (Å²) in [6.07, 6.45) is 4.00. The molecule has 0 radical (unpaired) electrons. The minimum atomic E-state index is -1.01. The Morgan fingerprint density at radius 1 is 0.877 bits per heavy atom. The third-order valence-electron chi connectivity index (χ3n) is 11.8. The minimum absolute atomic E-state index is 0.0726. The maximum Gasteiger partial charge on any atom is 0.264 e. The molecule has 1 unspecified atom stereocenters. The van der Waals surface area contributed by atoms with Crippen LogP contribution in [0.25, 0.3) is 11.5 Å². The van der Waals surface area contributed by atoms with E-state index in [1.807, 2.05) is 41.8 Å². The Kier molecular flexibility index (Phi) is 9.38. The first-order valence-corrected chi connectivity index (χ1v) is 19.7. The summed E-state index contributed by atoms with van der Waals surface area (Å²) in [5, 5.41) is 14.2. The third kappa shape index (κ3) is 6.44. The summed E-state index contributed by atoms with van der Waals surface area (Å²) >= 11 is 0. The molecule has 3 aromatic heterocycles. The Labute approximate surface area is 329 Å². The topological polar surface area (TPSA) is 182 Å². The van der Waals surface area contributed by atoms with Crippen molar-refractivity contribution in [1.29, 1.82) is 0 Å². The number of nitrogens with one attached hydrogen (secondary N) is 2. The number of hydrogen-bond donors (Lipinski definition) is 2. The van der Waals surface area contributed by atoms with Crippen LogP contribution in [0.2, 0.25) is 0 Å². The van der Waals surface area contributed by atoms with Crippen LogP contribution in [0.15, 0.2) is 48.8 Å². The molecule has 2 atom stereocenters. The summed E-state index contributed by atoms with van der Waals surface area (Å²) in [6.45, 7) is 10.2. The smallest absolute Gasteiger partial charge is 0.264 e. The van der Waals surface area contributed by atoms with Gasteiger partial charge in [-0.1, -0.05) is 12.1 Å². The maximum absolute atomic E-state index is 14.1. The highest BCUT2D eigenvalue weighted by Crippen LogP contribution is 2.37. The van der Waals surface area contributed by atoms with Gasteiger partial charge in [-0.15, -0.1) is 10.2 Å². The van der Waals surface area contributed by atoms with E-state index < -0.39 is 29.7 Å². The molecule has 8 heterocycles. The molecule has 57 heavy (non-hydrogen) atoms. The molecule has 1 aromatic carbocycles. The number of hydrogen-bond acceptors (Lipinski definition) is 13. The number of aryl methyl sites for hydroxylation is 1. The zero-order valence-corrected chi connectivity index (χ0v) is 32.0. The van der Waals surface area contributed by atoms with E-state index in [0.717, 1.165) is 55.3 Å². The third-order valence-corrected chi connectivity index (χ3v) is 11.8. The average Bonchev–Trinajstić information content (AvgIpc) is 4.01. The number of anilines is 4. The molecular weight excluding hydrogens is 729 g/mol. The van der Waals surface area contributed by atoms with Crippen LogP contribution >= 0.6 is 0 Å². The molecule has 5 aliphatic heterocycles. The normalized spacial score (nSPS) is 21.1. The van der Waals surface area contributed by atoms with E-state index in [-0.39, 0.29) is 24.3 Å². The fraction of sp³-hybridized carbons (Fsp3) is 0.425. The lowest BCUT2D eigenvalue weighted by atomic mass is 10.0. The fourth-order valence-electron chi connectivity index (χ4n) is 8.72. The second-order valence-electron chi connectivity index (χ2n) is 15.2. The van der Waals surface area contributed by atoms with Crippen molar-refractivity contribution >= 4 is 52.7 Å². The lowest BCUT2D eigenvalue weighted by molar-refractivity contribution is -0.136. The quantitative estimate of drug-likeness (QED) is 0.225. The number of imide groups is 2. The van der Waals surface area contributed by atoms with Gasteiger partial charge in [-0.25, -0.2) is 9.97 Å². The van der Waals surface area contributed by atoms with E-state index in [4.69, 9.17) is 9.97 Å². The van der Waals surface area contributed by atoms with Crippen molar-refractivity contribution in [2.75, 3.05) is 65.8 Å². The van der Waals surface area contributed by atoms with E-state index in [1.165, 1.54) is 0 Å². The molecule has 0 spiro atoms. The summed E-state index contributed by atoms with van der Waals surface area (Å²) < 4.78 is 1.91. The SMILES string of the molecule is CCn1cnnc1-c1cccc(N2Cc3c(cc(N4CCC[C@H]4C)nc3NCCN3CCN(c4cccc5c4C(=O)N(C4CCC(=O)NC4=O)C5=O)CC3)C2=O)n1. The number of nitrogens with zero attached hydrogens (tertiary/aromatic N) is 10. The van der Waals surface area contributed by atoms with Crippen LogP contribution in [-0.2, 0) is 22.7 Å². The van der Waals surface area contributed by atoms with Crippen LogP contribution < -0.4 is 25.3 Å². The molecule has 2 N–H and O–H groups in total. The largest absolute Gasteiger partial charge is 0.368 e. The molecule has 17 nitrogen and oxygen atoms in total. The van der Waals surface area contributed by atoms with Gasteiger partial charge in [0, 0.05) is 70.4 Å². The van der Waals surface area contributed by atoms with Crippen LogP contribution in [-0.4, -0.2) is 122 Å². The molecular formula is C40H44N12O5. The van der Waals surface area contributed by atoms with Crippen molar-refractivity contribution in [1.82, 2.24) is 39.8 Å². The number of amides is 5. The van der Waals surface area contributed by atoms with Crippen molar-refractivity contribution in [2.45, 2.75) is 64.7 Å². The first-order chi connectivity index (χ1) is 27.7. The molecule has 0 saturated carbocycles. The molecule has 5 amide bonds. The van der Waals surface area contributed by atoms with Crippen molar-refractivity contribution in [3.05, 3.63) is 71.0 Å². The van der Waals surface area contributed by atoms with Gasteiger partial charge in [-0.2, -0.15) is 0 Å². The number of rotatable bonds is 10. The number of fused-ring (bicyclic) bond motifs is 2. The molecule has 3 fully saturated rings. The van der Waals surface area contributed by atoms with Crippen molar-refractivity contribution in [2.24, 2.45) is 0 Å². The maximum atomic E-state index is 14.1. The molecule has 294 valence electrons. The van der Waals surface area contributed by atoms with Crippen LogP contribution in [0, 0.1) is 0 Å². The molecule has 0 bridgehead atoms. The molecule has 5 aliphatic rings. The lowest BCUT2D eigenvalue weighted by Crippen LogP contribution is -2.54. The van der Waals surface area contributed by atoms with Gasteiger partial charge in [0.2, 0.25) is 11.8 Å². The molecule has 3 saturated heterocycles. The minimum Gasteiger partial charge on any atom is -0.368 e. The zero-order chi connectivity index (χ0) is 39.4. The van der Waals surface area contributed by atoms with Gasteiger partial charge >= 0.3 is 0 Å². The lowest BCUT2D eigenvalue weighted by Gasteiger charge is -2.37. The fourth-order valence-corrected chi connectivity index (χ4v) is 8.72. The highest BCUT2D eigenvalue weighted by atomic mass is 16.2. The van der Waals surface area contributed by atoms with Gasteiger partial charge in [0.25, 0.3) is 17.7 Å². The summed E-state index contributed by atoms with van der Waals surface area (Å²) in [5.41, 5.74) is 3.37. The van der Waals surface area contributed by atoms with Crippen LogP contribution in [0.1, 0.15) is 76.2 Å². The van der Waals surface area contributed by atoms with Crippen molar-refractivity contribution < 1.29 is 24.0 Å². The highest BCUT2D eigenvalue weighted by Gasteiger charge is 2.46. The van der Waals surface area contributed by atoms with Gasteiger partial charge < -0.3 is 19.7 Å². The Hall–Kier alpha value is -6.23. The van der Waals surface area contributed by atoms with Crippen molar-refractivity contribution in [3.8, 4) is 11.5 Å². The first-order valence-electron chi connectivity index (χ1n) is 19.7. The van der Waals surface area contributed by atoms with Crippen molar-refractivity contribution in [3.63, 3.8) is 0 Å². The Morgan fingerprint density at radius 2 is 1.70 bits per heavy atom.